The molecule has 0 radical (unpaired) electrons. The Hall–Kier alpha value is -1.26. The summed E-state index contributed by atoms with van der Waals surface area (Å²) >= 11 is 6.47. The number of unbranched alkanes of at least 4 members (excludes halogenated alkanes) is 1. The Balaban J connectivity index is 1.49. The smallest absolute Gasteiger partial charge is 0.222 e. The van der Waals surface area contributed by atoms with Crippen LogP contribution in [0.5, 0.6) is 0 Å². The molecule has 2 aliphatic carbocycles. The Kier molecular flexibility index (Phi) is 10.0. The molecule has 10 heteroatoms. The van der Waals surface area contributed by atoms with Gasteiger partial charge in [0, 0.05) is 50.2 Å². The normalized spacial score (nSPS) is 36.8. The second-order valence-corrected chi connectivity index (χ2v) is 11.6. The first-order valence-electron chi connectivity index (χ1n) is 13.9. The molecule has 4 N–H and O–H groups in total. The fraction of sp³-hybridized carbons (Fsp3) is 0.885. The molecule has 0 aromatic heterocycles. The van der Waals surface area contributed by atoms with Crippen molar-refractivity contribution in [2.24, 2.45) is 16.8 Å². The van der Waals surface area contributed by atoms with E-state index in [9.17, 15) is 9.59 Å². The highest BCUT2D eigenvalue weighted by molar-refractivity contribution is 6.20. The zero-order valence-corrected chi connectivity index (χ0v) is 22.9. The van der Waals surface area contributed by atoms with Gasteiger partial charge in [-0.3, -0.25) is 19.5 Å². The molecule has 2 heterocycles. The second kappa shape index (κ2) is 13.0. The number of alkyl halides is 1. The molecule has 0 aromatic carbocycles. The van der Waals surface area contributed by atoms with E-state index in [2.05, 4.69) is 33.3 Å². The number of ether oxygens (including phenoxy) is 1. The van der Waals surface area contributed by atoms with Crippen LogP contribution in [0.25, 0.3) is 0 Å². The minimum absolute atomic E-state index is 0.0148. The summed E-state index contributed by atoms with van der Waals surface area (Å²) in [6, 6.07) is 0.227. The Labute approximate surface area is 220 Å². The van der Waals surface area contributed by atoms with Gasteiger partial charge in [-0.15, -0.1) is 11.6 Å². The van der Waals surface area contributed by atoms with Gasteiger partial charge < -0.3 is 15.4 Å². The number of methoxy groups -OCH3 is 1. The van der Waals surface area contributed by atoms with E-state index in [4.69, 9.17) is 21.3 Å². The zero-order chi connectivity index (χ0) is 25.7. The van der Waals surface area contributed by atoms with Crippen LogP contribution in [0, 0.1) is 11.8 Å². The Morgan fingerprint density at radius 1 is 1.08 bits per heavy atom. The highest BCUT2D eigenvalue weighted by atomic mass is 35.5. The van der Waals surface area contributed by atoms with Crippen molar-refractivity contribution < 1.29 is 14.3 Å². The van der Waals surface area contributed by atoms with Gasteiger partial charge in [0.25, 0.3) is 0 Å². The lowest BCUT2D eigenvalue weighted by molar-refractivity contribution is -0.122. The lowest BCUT2D eigenvalue weighted by atomic mass is 9.72. The molecule has 4 aliphatic rings. The first-order chi connectivity index (χ1) is 17.4. The lowest BCUT2D eigenvalue weighted by Gasteiger charge is -2.44. The molecule has 1 saturated heterocycles. The number of carbonyl (C=O) groups excluding carboxylic acids is 2. The lowest BCUT2D eigenvalue weighted by Crippen LogP contribution is -2.55. The van der Waals surface area contributed by atoms with Crippen molar-refractivity contribution in [3.63, 3.8) is 0 Å². The van der Waals surface area contributed by atoms with E-state index in [0.29, 0.717) is 37.4 Å². The van der Waals surface area contributed by atoms with Gasteiger partial charge in [0.2, 0.25) is 11.8 Å². The molecule has 5 unspecified atom stereocenters. The number of nitrogens with one attached hydrogen (secondary N) is 4. The van der Waals surface area contributed by atoms with E-state index >= 15 is 0 Å². The highest BCUT2D eigenvalue weighted by Gasteiger charge is 2.49. The number of hydrogen-bond donors (Lipinski definition) is 4. The number of carbonyl (C=O) groups is 2. The van der Waals surface area contributed by atoms with Crippen molar-refractivity contribution in [1.29, 1.82) is 0 Å². The maximum atomic E-state index is 13.0. The Bertz CT molecular complexity index is 790. The molecular formula is C26H45ClN6O3. The minimum Gasteiger partial charge on any atom is -0.381 e. The van der Waals surface area contributed by atoms with Crippen LogP contribution in [-0.4, -0.2) is 78.5 Å². The van der Waals surface area contributed by atoms with Gasteiger partial charge in [0.1, 0.15) is 0 Å². The van der Waals surface area contributed by atoms with Crippen molar-refractivity contribution >= 4 is 29.1 Å². The summed E-state index contributed by atoms with van der Waals surface area (Å²) in [7, 11) is 1.82. The van der Waals surface area contributed by atoms with Crippen LogP contribution in [0.15, 0.2) is 4.99 Å². The summed E-state index contributed by atoms with van der Waals surface area (Å²) in [5.74, 6) is 0.794. The van der Waals surface area contributed by atoms with Crippen LogP contribution in [0.1, 0.15) is 78.1 Å². The highest BCUT2D eigenvalue weighted by Crippen LogP contribution is 2.41. The predicted octanol–water partition coefficient (Wildman–Crippen LogP) is 2.30. The monoisotopic (exact) mass is 524 g/mol. The van der Waals surface area contributed by atoms with E-state index in [0.717, 1.165) is 57.8 Å². The summed E-state index contributed by atoms with van der Waals surface area (Å²) in [4.78, 5) is 32.0. The van der Waals surface area contributed by atoms with Crippen LogP contribution in [-0.2, 0) is 14.3 Å². The quantitative estimate of drug-likeness (QED) is 0.272. The number of rotatable bonds is 9. The number of nitrogens with zero attached hydrogens (tertiary/aromatic N) is 2. The largest absolute Gasteiger partial charge is 0.381 e. The summed E-state index contributed by atoms with van der Waals surface area (Å²) in [5, 5.41) is 6.15. The van der Waals surface area contributed by atoms with Gasteiger partial charge in [0.15, 0.2) is 0 Å². The standard InChI is InChI=1S/C26H45ClN6O3/c1-16-31-32-26-22(15-24(35)29-13-5-4-12-28-17(2)34)30-25(18-6-8-19(27)9-7-18)21-14-20(36-3)10-11-23(21)33(16)26/h16,18-23,26,31-32H,4-15H2,1-3H3,(H,28,34)(H,29,35)/t16?,18?,19?,20?,21?,22-,23?,26?/m0/s1. The molecule has 9 nitrogen and oxygen atoms in total. The molecule has 0 bridgehead atoms. The Morgan fingerprint density at radius 2 is 1.81 bits per heavy atom. The summed E-state index contributed by atoms with van der Waals surface area (Å²) in [6.45, 7) is 4.97. The maximum absolute atomic E-state index is 13.0. The van der Waals surface area contributed by atoms with Gasteiger partial charge in [-0.2, -0.15) is 0 Å². The SMILES string of the molecule is COC1CCC2C(C1)C(C1CCC(Cl)CC1)=N[C@@H](CC(=O)NCCCCNC(C)=O)C1NNC(C)N21. The molecule has 2 amide bonds. The van der Waals surface area contributed by atoms with E-state index in [1.807, 2.05) is 7.11 Å². The summed E-state index contributed by atoms with van der Waals surface area (Å²) < 4.78 is 5.84. The van der Waals surface area contributed by atoms with Gasteiger partial charge in [0.05, 0.1) is 30.9 Å². The molecule has 0 aromatic rings. The molecular weight excluding hydrogens is 480 g/mol. The number of amides is 2. The van der Waals surface area contributed by atoms with Crippen molar-refractivity contribution in [3.8, 4) is 0 Å². The predicted molar refractivity (Wildman–Crippen MR) is 142 cm³/mol. The molecule has 2 aliphatic heterocycles. The van der Waals surface area contributed by atoms with Crippen molar-refractivity contribution in [2.75, 3.05) is 20.2 Å². The number of fused-ring (bicyclic) bond motifs is 3. The van der Waals surface area contributed by atoms with E-state index in [1.165, 1.54) is 12.6 Å². The average Bonchev–Trinajstić information content (AvgIpc) is 3.18. The van der Waals surface area contributed by atoms with Crippen LogP contribution >= 0.6 is 11.6 Å². The molecule has 3 fully saturated rings. The van der Waals surface area contributed by atoms with Gasteiger partial charge in [-0.1, -0.05) is 0 Å². The molecule has 0 spiro atoms. The van der Waals surface area contributed by atoms with Gasteiger partial charge >= 0.3 is 0 Å². The fourth-order valence-corrected chi connectivity index (χ4v) is 6.92. The van der Waals surface area contributed by atoms with E-state index in [-0.39, 0.29) is 41.7 Å². The number of aliphatic imine (C=N–C) groups is 1. The number of hydrazine groups is 1. The minimum atomic E-state index is -0.155. The zero-order valence-electron chi connectivity index (χ0n) is 22.1. The van der Waals surface area contributed by atoms with Crippen LogP contribution in [0.2, 0.25) is 0 Å². The van der Waals surface area contributed by atoms with E-state index < -0.39 is 0 Å². The fourth-order valence-electron chi connectivity index (χ4n) is 6.67. The van der Waals surface area contributed by atoms with Gasteiger partial charge in [-0.05, 0) is 70.6 Å². The maximum Gasteiger partial charge on any atom is 0.222 e. The van der Waals surface area contributed by atoms with Crippen LogP contribution in [0.4, 0.5) is 0 Å². The number of hydrogen-bond acceptors (Lipinski definition) is 7. The van der Waals surface area contributed by atoms with Crippen LogP contribution < -0.4 is 21.5 Å². The van der Waals surface area contributed by atoms with E-state index in [1.54, 1.807) is 0 Å². The summed E-state index contributed by atoms with van der Waals surface area (Å²) in [5.41, 5.74) is 8.21. The third-order valence-electron chi connectivity index (χ3n) is 8.52. The molecule has 6 atom stereocenters. The van der Waals surface area contributed by atoms with Crippen molar-refractivity contribution in [1.82, 2.24) is 26.4 Å². The molecule has 204 valence electrons. The molecule has 2 saturated carbocycles. The topological polar surface area (TPSA) is 107 Å². The van der Waals surface area contributed by atoms with Gasteiger partial charge in [-0.25, -0.2) is 10.9 Å². The number of halogens is 1. The third-order valence-corrected chi connectivity index (χ3v) is 8.96. The molecule has 36 heavy (non-hydrogen) atoms. The van der Waals surface area contributed by atoms with Crippen LogP contribution in [0.3, 0.4) is 0 Å². The van der Waals surface area contributed by atoms with Crippen molar-refractivity contribution in [2.45, 2.75) is 114 Å². The Morgan fingerprint density at radius 3 is 2.50 bits per heavy atom. The third kappa shape index (κ3) is 6.78. The first kappa shape index (κ1) is 27.8. The second-order valence-electron chi connectivity index (χ2n) is 11.0. The first-order valence-corrected chi connectivity index (χ1v) is 14.3. The average molecular weight is 525 g/mol. The van der Waals surface area contributed by atoms with Crippen molar-refractivity contribution in [3.05, 3.63) is 0 Å². The molecule has 4 rings (SSSR count). The summed E-state index contributed by atoms with van der Waals surface area (Å²) in [6.07, 6.45) is 9.79.